The number of carbonyl (C=O) groups excluding carboxylic acids is 2. The highest BCUT2D eigenvalue weighted by molar-refractivity contribution is 6.22. The third-order valence-corrected chi connectivity index (χ3v) is 5.81. The summed E-state index contributed by atoms with van der Waals surface area (Å²) in [5.74, 6) is -1.08. The molecule has 0 aliphatic carbocycles. The highest BCUT2D eigenvalue weighted by Gasteiger charge is 2.59. The molecule has 0 saturated carbocycles. The van der Waals surface area contributed by atoms with Gasteiger partial charge in [-0.25, -0.2) is 4.90 Å². The molecule has 2 fully saturated rings. The van der Waals surface area contributed by atoms with Crippen LogP contribution in [0.2, 0.25) is 0 Å². The maximum Gasteiger partial charge on any atom is 0.239 e. The molecular weight excluding hydrogens is 348 g/mol. The van der Waals surface area contributed by atoms with Crippen LogP contribution >= 0.6 is 0 Å². The molecule has 4 heteroatoms. The second-order valence-corrected chi connectivity index (χ2v) is 7.34. The molecule has 1 N–H and O–H groups in total. The Kier molecular flexibility index (Phi) is 4.06. The molecule has 2 aliphatic rings. The number of imide groups is 1. The van der Waals surface area contributed by atoms with Gasteiger partial charge in [-0.2, -0.15) is 0 Å². The number of rotatable bonds is 3. The molecule has 4 nitrogen and oxygen atoms in total. The lowest BCUT2D eigenvalue weighted by molar-refractivity contribution is -0.123. The molecule has 2 saturated heterocycles. The van der Waals surface area contributed by atoms with E-state index in [1.807, 2.05) is 91.0 Å². The van der Waals surface area contributed by atoms with Crippen molar-refractivity contribution < 1.29 is 9.59 Å². The fraction of sp³-hybridized carbons (Fsp3) is 0.167. The van der Waals surface area contributed by atoms with Crippen molar-refractivity contribution in [2.45, 2.75) is 12.1 Å². The summed E-state index contributed by atoms with van der Waals surface area (Å²) in [7, 11) is 0. The summed E-state index contributed by atoms with van der Waals surface area (Å²) >= 11 is 0. The van der Waals surface area contributed by atoms with E-state index >= 15 is 0 Å². The predicted molar refractivity (Wildman–Crippen MR) is 107 cm³/mol. The molecule has 2 heterocycles. The van der Waals surface area contributed by atoms with E-state index in [1.165, 1.54) is 4.90 Å². The van der Waals surface area contributed by atoms with Crippen molar-refractivity contribution >= 4 is 17.5 Å². The van der Waals surface area contributed by atoms with E-state index in [2.05, 4.69) is 5.32 Å². The van der Waals surface area contributed by atoms with Gasteiger partial charge in [-0.1, -0.05) is 78.9 Å². The predicted octanol–water partition coefficient (Wildman–Crippen LogP) is 3.88. The van der Waals surface area contributed by atoms with E-state index in [1.54, 1.807) is 0 Å². The van der Waals surface area contributed by atoms with E-state index < -0.39 is 11.8 Å². The third kappa shape index (κ3) is 2.57. The minimum Gasteiger partial charge on any atom is -0.302 e. The van der Waals surface area contributed by atoms with Crippen molar-refractivity contribution in [1.82, 2.24) is 5.32 Å². The molecule has 4 atom stereocenters. The number of fused-ring (bicyclic) bond motifs is 1. The second kappa shape index (κ2) is 6.73. The molecular formula is C24H20N2O2. The number of nitrogens with zero attached hydrogens (tertiary/aromatic N) is 1. The number of nitrogens with one attached hydrogen (secondary N) is 1. The average Bonchev–Trinajstić information content (AvgIpc) is 3.27. The molecule has 2 amide bonds. The van der Waals surface area contributed by atoms with Gasteiger partial charge in [0, 0.05) is 12.1 Å². The average molecular weight is 368 g/mol. The van der Waals surface area contributed by atoms with Gasteiger partial charge in [0.15, 0.2) is 0 Å². The summed E-state index contributed by atoms with van der Waals surface area (Å²) in [5, 5.41) is 3.59. The van der Waals surface area contributed by atoms with E-state index in [9.17, 15) is 9.59 Å². The number of hydrogen-bond donors (Lipinski definition) is 1. The standard InChI is InChI=1S/C24H20N2O2/c27-23-19-20(24(28)26(23)18-14-8-3-9-15-18)22(17-12-6-2-7-13-17)25-21(19)16-10-4-1-5-11-16/h1-15,19-22,25H/t19?,20?,21-,22-/m1/s1. The quantitative estimate of drug-likeness (QED) is 0.714. The molecule has 3 aromatic carbocycles. The van der Waals surface area contributed by atoms with Gasteiger partial charge in [0.2, 0.25) is 11.8 Å². The first-order valence-corrected chi connectivity index (χ1v) is 9.54. The molecule has 2 aliphatic heterocycles. The maximum atomic E-state index is 13.4. The largest absolute Gasteiger partial charge is 0.302 e. The Morgan fingerprint density at radius 2 is 0.964 bits per heavy atom. The Hall–Kier alpha value is -3.24. The zero-order chi connectivity index (χ0) is 19.1. The van der Waals surface area contributed by atoms with Crippen LogP contribution in [-0.4, -0.2) is 11.8 Å². The van der Waals surface area contributed by atoms with Gasteiger partial charge < -0.3 is 5.32 Å². The molecule has 0 radical (unpaired) electrons. The maximum absolute atomic E-state index is 13.4. The summed E-state index contributed by atoms with van der Waals surface area (Å²) in [6.07, 6.45) is 0. The fourth-order valence-corrected chi connectivity index (χ4v) is 4.57. The van der Waals surface area contributed by atoms with Crippen molar-refractivity contribution in [2.24, 2.45) is 11.8 Å². The van der Waals surface area contributed by atoms with Crippen LogP contribution in [0.4, 0.5) is 5.69 Å². The fourth-order valence-electron chi connectivity index (χ4n) is 4.57. The number of anilines is 1. The second-order valence-electron chi connectivity index (χ2n) is 7.34. The van der Waals surface area contributed by atoms with Crippen LogP contribution in [0, 0.1) is 11.8 Å². The summed E-state index contributed by atoms with van der Waals surface area (Å²) in [5.41, 5.74) is 2.71. The Bertz CT molecular complexity index is 941. The molecule has 3 aromatic rings. The van der Waals surface area contributed by atoms with Gasteiger partial charge >= 0.3 is 0 Å². The zero-order valence-electron chi connectivity index (χ0n) is 15.2. The molecule has 0 spiro atoms. The lowest BCUT2D eigenvalue weighted by Gasteiger charge is -2.23. The number of carbonyl (C=O) groups is 2. The molecule has 0 aromatic heterocycles. The van der Waals surface area contributed by atoms with Crippen LogP contribution in [0.5, 0.6) is 0 Å². The van der Waals surface area contributed by atoms with Crippen molar-refractivity contribution in [3.05, 3.63) is 102 Å². The topological polar surface area (TPSA) is 49.4 Å². The van der Waals surface area contributed by atoms with E-state index in [-0.39, 0.29) is 23.9 Å². The van der Waals surface area contributed by atoms with Crippen molar-refractivity contribution in [3.8, 4) is 0 Å². The lowest BCUT2D eigenvalue weighted by Crippen LogP contribution is -2.36. The normalized spacial score (nSPS) is 26.5. The molecule has 0 bridgehead atoms. The number of benzene rings is 3. The minimum atomic E-state index is -0.416. The van der Waals surface area contributed by atoms with Gasteiger partial charge in [-0.15, -0.1) is 0 Å². The van der Waals surface area contributed by atoms with Gasteiger partial charge in [-0.05, 0) is 23.3 Å². The molecule has 2 unspecified atom stereocenters. The Morgan fingerprint density at radius 3 is 1.39 bits per heavy atom. The first-order valence-electron chi connectivity index (χ1n) is 9.54. The number of para-hydroxylation sites is 1. The smallest absolute Gasteiger partial charge is 0.239 e. The summed E-state index contributed by atoms with van der Waals surface area (Å²) < 4.78 is 0. The first-order chi connectivity index (χ1) is 13.8. The van der Waals surface area contributed by atoms with Crippen LogP contribution in [0.25, 0.3) is 0 Å². The minimum absolute atomic E-state index is 0.124. The van der Waals surface area contributed by atoms with Crippen molar-refractivity contribution in [1.29, 1.82) is 0 Å². The summed E-state index contributed by atoms with van der Waals surface area (Å²) in [6, 6.07) is 28.7. The lowest BCUT2D eigenvalue weighted by atomic mass is 9.84. The van der Waals surface area contributed by atoms with Crippen molar-refractivity contribution in [3.63, 3.8) is 0 Å². The van der Waals surface area contributed by atoms with Crippen LogP contribution < -0.4 is 10.2 Å². The molecule has 28 heavy (non-hydrogen) atoms. The summed E-state index contributed by atoms with van der Waals surface area (Å²) in [4.78, 5) is 28.2. The highest BCUT2D eigenvalue weighted by Crippen LogP contribution is 2.50. The Balaban J connectivity index is 1.61. The number of amides is 2. The third-order valence-electron chi connectivity index (χ3n) is 5.81. The van der Waals surface area contributed by atoms with Crippen LogP contribution in [-0.2, 0) is 9.59 Å². The molecule has 138 valence electrons. The molecule has 5 rings (SSSR count). The van der Waals surface area contributed by atoms with Crippen molar-refractivity contribution in [2.75, 3.05) is 4.90 Å². The van der Waals surface area contributed by atoms with Crippen LogP contribution in [0.3, 0.4) is 0 Å². The van der Waals surface area contributed by atoms with Crippen LogP contribution in [0.1, 0.15) is 23.2 Å². The van der Waals surface area contributed by atoms with Gasteiger partial charge in [0.05, 0.1) is 17.5 Å². The Morgan fingerprint density at radius 1 is 0.571 bits per heavy atom. The van der Waals surface area contributed by atoms with E-state index in [4.69, 9.17) is 0 Å². The van der Waals surface area contributed by atoms with Gasteiger partial charge in [-0.3, -0.25) is 9.59 Å². The monoisotopic (exact) mass is 368 g/mol. The van der Waals surface area contributed by atoms with Gasteiger partial charge in [0.25, 0.3) is 0 Å². The zero-order valence-corrected chi connectivity index (χ0v) is 15.2. The first kappa shape index (κ1) is 16.9. The highest BCUT2D eigenvalue weighted by atomic mass is 16.2. The Labute approximate surface area is 163 Å². The SMILES string of the molecule is O=C1C2C(C(=O)N1c1ccccc1)[C@@H](c1ccccc1)N[C@@H]2c1ccccc1. The number of hydrogen-bond acceptors (Lipinski definition) is 3. The summed E-state index contributed by atoms with van der Waals surface area (Å²) in [6.45, 7) is 0. The van der Waals surface area contributed by atoms with Gasteiger partial charge in [0.1, 0.15) is 0 Å². The van der Waals surface area contributed by atoms with Crippen LogP contribution in [0.15, 0.2) is 91.0 Å². The van der Waals surface area contributed by atoms with E-state index in [0.717, 1.165) is 11.1 Å². The van der Waals surface area contributed by atoms with E-state index in [0.29, 0.717) is 5.69 Å².